The van der Waals surface area contributed by atoms with Crippen molar-refractivity contribution in [3.63, 3.8) is 0 Å². The van der Waals surface area contributed by atoms with E-state index in [1.54, 1.807) is 0 Å². The third-order valence-electron chi connectivity index (χ3n) is 2.27. The molecule has 0 spiro atoms. The number of alkyl halides is 1. The first kappa shape index (κ1) is 15.3. The van der Waals surface area contributed by atoms with Crippen molar-refractivity contribution in [1.82, 2.24) is 10.3 Å². The number of carbonyl (C=O) groups is 1. The molecule has 0 aliphatic rings. The predicted octanol–water partition coefficient (Wildman–Crippen LogP) is 2.34. The SMILES string of the molecule is CC(C)(O)[C@H](F)CNC(=O)c1cnc(Br)cc1Cl. The molecule has 0 saturated heterocycles. The first-order valence-corrected chi connectivity index (χ1v) is 6.34. The van der Waals surface area contributed by atoms with E-state index in [4.69, 9.17) is 11.6 Å². The van der Waals surface area contributed by atoms with Crippen molar-refractivity contribution in [3.8, 4) is 0 Å². The molecule has 4 nitrogen and oxygen atoms in total. The Kier molecular flexibility index (Phi) is 5.07. The van der Waals surface area contributed by atoms with Crippen LogP contribution >= 0.6 is 27.5 Å². The Morgan fingerprint density at radius 3 is 2.83 bits per heavy atom. The molecule has 0 saturated carbocycles. The molecule has 1 atom stereocenters. The number of aliphatic hydroxyl groups is 1. The number of aromatic nitrogens is 1. The van der Waals surface area contributed by atoms with Gasteiger partial charge in [-0.1, -0.05) is 11.6 Å². The van der Waals surface area contributed by atoms with Gasteiger partial charge in [0.05, 0.1) is 22.7 Å². The fraction of sp³-hybridized carbons (Fsp3) is 0.455. The number of nitrogens with one attached hydrogen (secondary N) is 1. The molecule has 1 amide bonds. The topological polar surface area (TPSA) is 62.2 Å². The number of hydrogen-bond donors (Lipinski definition) is 2. The lowest BCUT2D eigenvalue weighted by molar-refractivity contribution is -0.00177. The Hall–Kier alpha value is -0.720. The number of halogens is 3. The molecule has 7 heteroatoms. The molecule has 1 heterocycles. The second kappa shape index (κ2) is 5.95. The van der Waals surface area contributed by atoms with Gasteiger partial charge in [-0.2, -0.15) is 0 Å². The van der Waals surface area contributed by atoms with E-state index in [0.29, 0.717) is 4.60 Å². The quantitative estimate of drug-likeness (QED) is 0.828. The summed E-state index contributed by atoms with van der Waals surface area (Å²) in [6.45, 7) is 2.37. The molecule has 0 radical (unpaired) electrons. The molecule has 0 aliphatic heterocycles. The standard InChI is InChI=1S/C11H13BrClFN2O2/c1-11(2,18)8(14)5-16-10(17)6-4-15-9(12)3-7(6)13/h3-4,8,18H,5H2,1-2H3,(H,16,17)/t8-/m1/s1. The van der Waals surface area contributed by atoms with Crippen molar-refractivity contribution >= 4 is 33.4 Å². The Bertz CT molecular complexity index is 451. The Morgan fingerprint density at radius 2 is 2.33 bits per heavy atom. The average Bonchev–Trinajstić information content (AvgIpc) is 2.24. The first-order chi connectivity index (χ1) is 8.21. The van der Waals surface area contributed by atoms with Gasteiger partial charge < -0.3 is 10.4 Å². The molecular formula is C11H13BrClFN2O2. The second-order valence-electron chi connectivity index (χ2n) is 4.32. The maximum atomic E-state index is 13.4. The Morgan fingerprint density at radius 1 is 1.72 bits per heavy atom. The maximum Gasteiger partial charge on any atom is 0.254 e. The Balaban J connectivity index is 2.66. The van der Waals surface area contributed by atoms with Gasteiger partial charge in [0.2, 0.25) is 0 Å². The van der Waals surface area contributed by atoms with Crippen molar-refractivity contribution in [2.75, 3.05) is 6.54 Å². The van der Waals surface area contributed by atoms with Gasteiger partial charge in [-0.25, -0.2) is 9.37 Å². The summed E-state index contributed by atoms with van der Waals surface area (Å²) in [6, 6.07) is 1.47. The van der Waals surface area contributed by atoms with Crippen LogP contribution in [0.3, 0.4) is 0 Å². The summed E-state index contributed by atoms with van der Waals surface area (Å²) in [4.78, 5) is 15.6. The minimum Gasteiger partial charge on any atom is -0.387 e. The predicted molar refractivity (Wildman–Crippen MR) is 70.5 cm³/mol. The van der Waals surface area contributed by atoms with Gasteiger partial charge in [-0.3, -0.25) is 4.79 Å². The van der Waals surface area contributed by atoms with E-state index in [9.17, 15) is 14.3 Å². The van der Waals surface area contributed by atoms with Crippen molar-refractivity contribution in [1.29, 1.82) is 0 Å². The summed E-state index contributed by atoms with van der Waals surface area (Å²) < 4.78 is 13.9. The monoisotopic (exact) mass is 338 g/mol. The van der Waals surface area contributed by atoms with Crippen LogP contribution in [0.25, 0.3) is 0 Å². The van der Waals surface area contributed by atoms with Crippen molar-refractivity contribution in [2.24, 2.45) is 0 Å². The fourth-order valence-corrected chi connectivity index (χ4v) is 1.80. The average molecular weight is 340 g/mol. The van der Waals surface area contributed by atoms with Crippen molar-refractivity contribution in [2.45, 2.75) is 25.6 Å². The van der Waals surface area contributed by atoms with E-state index >= 15 is 0 Å². The molecule has 0 aliphatic carbocycles. The molecular weight excluding hydrogens is 326 g/mol. The number of rotatable bonds is 4. The molecule has 0 unspecified atom stereocenters. The smallest absolute Gasteiger partial charge is 0.254 e. The summed E-state index contributed by atoms with van der Waals surface area (Å²) in [7, 11) is 0. The lowest BCUT2D eigenvalue weighted by Crippen LogP contribution is -2.42. The highest BCUT2D eigenvalue weighted by atomic mass is 79.9. The molecule has 2 N–H and O–H groups in total. The molecule has 1 aromatic rings. The third kappa shape index (κ3) is 4.19. The van der Waals surface area contributed by atoms with Gasteiger partial charge in [0.25, 0.3) is 5.91 Å². The number of nitrogens with zero attached hydrogens (tertiary/aromatic N) is 1. The molecule has 18 heavy (non-hydrogen) atoms. The summed E-state index contributed by atoms with van der Waals surface area (Å²) in [5, 5.41) is 12.0. The zero-order valence-electron chi connectivity index (χ0n) is 9.88. The molecule has 1 rings (SSSR count). The highest BCUT2D eigenvalue weighted by Crippen LogP contribution is 2.19. The fourth-order valence-electron chi connectivity index (χ4n) is 1.10. The van der Waals surface area contributed by atoms with Crippen LogP contribution in [-0.4, -0.2) is 34.3 Å². The van der Waals surface area contributed by atoms with E-state index in [-0.39, 0.29) is 17.1 Å². The van der Waals surface area contributed by atoms with Crippen LogP contribution in [0.2, 0.25) is 5.02 Å². The first-order valence-electron chi connectivity index (χ1n) is 5.17. The Labute approximate surface area is 118 Å². The minimum absolute atomic E-state index is 0.155. The minimum atomic E-state index is -1.57. The van der Waals surface area contributed by atoms with Crippen molar-refractivity contribution < 1.29 is 14.3 Å². The second-order valence-corrected chi connectivity index (χ2v) is 5.54. The van der Waals surface area contributed by atoms with Gasteiger partial charge in [0.15, 0.2) is 0 Å². The molecule has 0 aromatic carbocycles. The van der Waals surface area contributed by atoms with Crippen LogP contribution in [0.15, 0.2) is 16.9 Å². The van der Waals surface area contributed by atoms with Crippen molar-refractivity contribution in [3.05, 3.63) is 27.5 Å². The van der Waals surface area contributed by atoms with Gasteiger partial charge in [0, 0.05) is 6.20 Å². The van der Waals surface area contributed by atoms with Gasteiger partial charge >= 0.3 is 0 Å². The van der Waals surface area contributed by atoms with Gasteiger partial charge in [-0.15, -0.1) is 0 Å². The molecule has 1 aromatic heterocycles. The molecule has 0 bridgehead atoms. The number of amides is 1. The molecule has 0 fully saturated rings. The number of pyridine rings is 1. The maximum absolute atomic E-state index is 13.4. The van der Waals surface area contributed by atoms with E-state index in [1.165, 1.54) is 26.1 Å². The van der Waals surface area contributed by atoms with Crippen LogP contribution in [0.1, 0.15) is 24.2 Å². The zero-order valence-corrected chi connectivity index (χ0v) is 12.2. The number of carbonyl (C=O) groups excluding carboxylic acids is 1. The van der Waals surface area contributed by atoms with Crippen LogP contribution in [0.4, 0.5) is 4.39 Å². The van der Waals surface area contributed by atoms with E-state index < -0.39 is 17.7 Å². The van der Waals surface area contributed by atoms with Crippen LogP contribution < -0.4 is 5.32 Å². The van der Waals surface area contributed by atoms with E-state index in [0.717, 1.165) is 0 Å². The van der Waals surface area contributed by atoms with Crippen LogP contribution in [0, 0.1) is 0 Å². The third-order valence-corrected chi connectivity index (χ3v) is 3.02. The highest BCUT2D eigenvalue weighted by Gasteiger charge is 2.27. The van der Waals surface area contributed by atoms with Crippen LogP contribution in [-0.2, 0) is 0 Å². The lowest BCUT2D eigenvalue weighted by Gasteiger charge is -2.22. The van der Waals surface area contributed by atoms with E-state index in [2.05, 4.69) is 26.2 Å². The van der Waals surface area contributed by atoms with Gasteiger partial charge in [0.1, 0.15) is 10.8 Å². The van der Waals surface area contributed by atoms with Crippen LogP contribution in [0.5, 0.6) is 0 Å². The largest absolute Gasteiger partial charge is 0.387 e. The molecule has 100 valence electrons. The summed E-state index contributed by atoms with van der Waals surface area (Å²) >= 11 is 8.97. The number of hydrogen-bond acceptors (Lipinski definition) is 3. The summed E-state index contributed by atoms with van der Waals surface area (Å²) in [5.41, 5.74) is -1.35. The highest BCUT2D eigenvalue weighted by molar-refractivity contribution is 9.10. The normalized spacial score (nSPS) is 13.2. The zero-order chi connectivity index (χ0) is 13.9. The summed E-state index contributed by atoms with van der Waals surface area (Å²) in [6.07, 6.45) is -0.275. The lowest BCUT2D eigenvalue weighted by atomic mass is 10.0. The summed E-state index contributed by atoms with van der Waals surface area (Å²) in [5.74, 6) is -0.535. The van der Waals surface area contributed by atoms with Gasteiger partial charge in [-0.05, 0) is 35.8 Å². The van der Waals surface area contributed by atoms with E-state index in [1.807, 2.05) is 0 Å².